The summed E-state index contributed by atoms with van der Waals surface area (Å²) in [6, 6.07) is 5.65. The fraction of sp³-hybridized carbons (Fsp3) is 0.500. The second-order valence-corrected chi connectivity index (χ2v) is 11.3. The van der Waals surface area contributed by atoms with Crippen molar-refractivity contribution in [2.75, 3.05) is 17.5 Å². The van der Waals surface area contributed by atoms with Crippen molar-refractivity contribution in [2.45, 2.75) is 58.0 Å². The number of hydrogen-bond donors (Lipinski definition) is 2. The molecule has 1 aliphatic carbocycles. The topological polar surface area (TPSA) is 88.2 Å². The number of carbonyl (C=O) groups excluding carboxylic acids is 1. The molecule has 1 aromatic carbocycles. The van der Waals surface area contributed by atoms with E-state index in [1.807, 2.05) is 0 Å². The van der Waals surface area contributed by atoms with E-state index >= 15 is 0 Å². The first-order valence-corrected chi connectivity index (χ1v) is 13.1. The third-order valence-electron chi connectivity index (χ3n) is 6.37. The molecule has 0 saturated carbocycles. The summed E-state index contributed by atoms with van der Waals surface area (Å²) in [4.78, 5) is 16.9. The summed E-state index contributed by atoms with van der Waals surface area (Å²) in [6.45, 7) is 4.04. The van der Waals surface area contributed by atoms with Crippen LogP contribution in [0.25, 0.3) is 0 Å². The number of anilines is 1. The van der Waals surface area contributed by atoms with Crippen molar-refractivity contribution in [2.24, 2.45) is 5.92 Å². The second kappa shape index (κ2) is 9.75. The highest BCUT2D eigenvalue weighted by atomic mass is 32.2. The first-order valence-electron chi connectivity index (χ1n) is 11.2. The predicted octanol–water partition coefficient (Wildman–Crippen LogP) is 4.20. The van der Waals surface area contributed by atoms with E-state index in [9.17, 15) is 30.8 Å². The minimum Gasteiger partial charge on any atom is -0.356 e. The van der Waals surface area contributed by atoms with Crippen LogP contribution in [0.2, 0.25) is 0 Å². The molecular formula is C24H29F4N3O3S. The van der Waals surface area contributed by atoms with Gasteiger partial charge in [0.15, 0.2) is 0 Å². The number of sulfonamides is 1. The van der Waals surface area contributed by atoms with Gasteiger partial charge in [0.25, 0.3) is 0 Å². The molecule has 0 unspecified atom stereocenters. The molecular weight excluding hydrogens is 486 g/mol. The largest absolute Gasteiger partial charge is 0.399 e. The molecule has 0 saturated heterocycles. The molecule has 35 heavy (non-hydrogen) atoms. The van der Waals surface area contributed by atoms with Gasteiger partial charge in [0.2, 0.25) is 15.9 Å². The van der Waals surface area contributed by atoms with E-state index in [2.05, 4.69) is 15.0 Å². The standard InChI is InChI=1S/C24H29F4N3O3S/c1-14-11-15(18(25)13-20(14)31-35(4,33)34)9-10-29-22(32)17-5-7-19-16(12-17)6-8-21(30-19)23(2,3)24(26,27)28/h6,8,11,13,17,31H,5,7,9-10,12H2,1-4H3,(H,29,32)/t17-/m1/s1. The molecule has 192 valence electrons. The zero-order valence-electron chi connectivity index (χ0n) is 20.0. The predicted molar refractivity (Wildman–Crippen MR) is 125 cm³/mol. The average Bonchev–Trinajstić information content (AvgIpc) is 2.74. The highest BCUT2D eigenvalue weighted by Crippen LogP contribution is 2.40. The number of aromatic nitrogens is 1. The summed E-state index contributed by atoms with van der Waals surface area (Å²) in [5.74, 6) is -1.13. The van der Waals surface area contributed by atoms with Crippen LogP contribution in [0.4, 0.5) is 23.2 Å². The lowest BCUT2D eigenvalue weighted by Crippen LogP contribution is -2.38. The van der Waals surface area contributed by atoms with Gasteiger partial charge in [-0.15, -0.1) is 0 Å². The Morgan fingerprint density at radius 1 is 1.20 bits per heavy atom. The Balaban J connectivity index is 1.60. The van der Waals surface area contributed by atoms with Gasteiger partial charge in [-0.2, -0.15) is 13.2 Å². The van der Waals surface area contributed by atoms with Gasteiger partial charge in [0, 0.05) is 18.2 Å². The Morgan fingerprint density at radius 3 is 2.51 bits per heavy atom. The molecule has 0 aliphatic heterocycles. The molecule has 0 bridgehead atoms. The first-order chi connectivity index (χ1) is 16.1. The van der Waals surface area contributed by atoms with Gasteiger partial charge in [-0.25, -0.2) is 12.8 Å². The van der Waals surface area contributed by atoms with Gasteiger partial charge in [-0.1, -0.05) is 12.1 Å². The minimum atomic E-state index is -4.42. The van der Waals surface area contributed by atoms with Crippen LogP contribution in [0.3, 0.4) is 0 Å². The van der Waals surface area contributed by atoms with Crippen LogP contribution < -0.4 is 10.0 Å². The van der Waals surface area contributed by atoms with Crippen LogP contribution in [0.5, 0.6) is 0 Å². The summed E-state index contributed by atoms with van der Waals surface area (Å²) in [6.07, 6.45) is -1.99. The van der Waals surface area contributed by atoms with E-state index in [-0.39, 0.29) is 36.2 Å². The van der Waals surface area contributed by atoms with E-state index < -0.39 is 27.4 Å². The third kappa shape index (κ3) is 6.31. The first kappa shape index (κ1) is 26.9. The highest BCUT2D eigenvalue weighted by molar-refractivity contribution is 7.92. The van der Waals surface area contributed by atoms with Crippen LogP contribution in [-0.2, 0) is 39.5 Å². The Bertz CT molecular complexity index is 1230. The molecule has 2 N–H and O–H groups in total. The van der Waals surface area contributed by atoms with Gasteiger partial charge in [0.1, 0.15) is 11.2 Å². The zero-order chi connectivity index (χ0) is 26.2. The molecule has 1 amide bonds. The van der Waals surface area contributed by atoms with Crippen molar-refractivity contribution in [3.05, 3.63) is 58.2 Å². The van der Waals surface area contributed by atoms with Crippen LogP contribution in [-0.4, -0.2) is 38.3 Å². The lowest BCUT2D eigenvalue weighted by molar-refractivity contribution is -0.181. The Morgan fingerprint density at radius 2 is 1.89 bits per heavy atom. The zero-order valence-corrected chi connectivity index (χ0v) is 20.8. The highest BCUT2D eigenvalue weighted by Gasteiger charge is 2.49. The van der Waals surface area contributed by atoms with Gasteiger partial charge in [-0.3, -0.25) is 14.5 Å². The molecule has 0 radical (unpaired) electrons. The normalized spacial score (nSPS) is 16.5. The number of rotatable bonds is 7. The van der Waals surface area contributed by atoms with Crippen LogP contribution in [0.15, 0.2) is 24.3 Å². The number of carbonyl (C=O) groups is 1. The van der Waals surface area contributed by atoms with Gasteiger partial charge < -0.3 is 5.32 Å². The van der Waals surface area contributed by atoms with Crippen molar-refractivity contribution in [1.82, 2.24) is 10.3 Å². The van der Waals surface area contributed by atoms with Gasteiger partial charge in [-0.05, 0) is 75.3 Å². The van der Waals surface area contributed by atoms with E-state index in [0.717, 1.165) is 31.7 Å². The number of aryl methyl sites for hydroxylation is 2. The summed E-state index contributed by atoms with van der Waals surface area (Å²) in [5, 5.41) is 2.80. The third-order valence-corrected chi connectivity index (χ3v) is 6.96. The van der Waals surface area contributed by atoms with Crippen molar-refractivity contribution in [3.63, 3.8) is 0 Å². The lowest BCUT2D eigenvalue weighted by atomic mass is 9.83. The molecule has 1 aromatic heterocycles. The van der Waals surface area contributed by atoms with E-state index in [0.29, 0.717) is 36.1 Å². The minimum absolute atomic E-state index is 0.0401. The molecule has 0 spiro atoms. The maximum absolute atomic E-state index is 14.4. The molecule has 1 heterocycles. The number of pyridine rings is 1. The van der Waals surface area contributed by atoms with Gasteiger partial charge in [0.05, 0.1) is 17.6 Å². The number of nitrogens with one attached hydrogen (secondary N) is 2. The summed E-state index contributed by atoms with van der Waals surface area (Å²) >= 11 is 0. The number of fused-ring (bicyclic) bond motifs is 1. The number of amides is 1. The molecule has 1 aliphatic rings. The fourth-order valence-corrected chi connectivity index (χ4v) is 4.65. The number of alkyl halides is 3. The summed E-state index contributed by atoms with van der Waals surface area (Å²) < 4.78 is 79.5. The van der Waals surface area contributed by atoms with Crippen LogP contribution in [0.1, 0.15) is 48.3 Å². The van der Waals surface area contributed by atoms with E-state index in [1.54, 1.807) is 13.0 Å². The van der Waals surface area contributed by atoms with Crippen LogP contribution >= 0.6 is 0 Å². The second-order valence-electron chi connectivity index (χ2n) is 9.54. The maximum Gasteiger partial charge on any atom is 0.399 e. The van der Waals surface area contributed by atoms with Crippen LogP contribution in [0, 0.1) is 18.7 Å². The number of halogens is 4. The Labute approximate surface area is 202 Å². The molecule has 0 fully saturated rings. The van der Waals surface area contributed by atoms with Crippen molar-refractivity contribution < 1.29 is 30.8 Å². The molecule has 2 aromatic rings. The Kier molecular flexibility index (Phi) is 7.50. The van der Waals surface area contributed by atoms with Crippen molar-refractivity contribution in [1.29, 1.82) is 0 Å². The fourth-order valence-electron chi connectivity index (χ4n) is 4.04. The number of benzene rings is 1. The molecule has 11 heteroatoms. The van der Waals surface area contributed by atoms with Crippen molar-refractivity contribution >= 4 is 21.6 Å². The SMILES string of the molecule is Cc1cc(CCNC(=O)[C@@H]2CCc3nc(C(C)(C)C(F)(F)F)ccc3C2)c(F)cc1NS(C)(=O)=O. The lowest BCUT2D eigenvalue weighted by Gasteiger charge is -2.29. The number of hydrogen-bond acceptors (Lipinski definition) is 4. The molecule has 1 atom stereocenters. The molecule has 3 rings (SSSR count). The van der Waals surface area contributed by atoms with Gasteiger partial charge >= 0.3 is 6.18 Å². The monoisotopic (exact) mass is 515 g/mol. The van der Waals surface area contributed by atoms with Crippen molar-refractivity contribution in [3.8, 4) is 0 Å². The molecule has 6 nitrogen and oxygen atoms in total. The summed E-state index contributed by atoms with van der Waals surface area (Å²) in [7, 11) is -3.54. The smallest absolute Gasteiger partial charge is 0.356 e. The number of nitrogens with zero attached hydrogens (tertiary/aromatic N) is 1. The maximum atomic E-state index is 14.4. The Hall–Kier alpha value is -2.69. The van der Waals surface area contributed by atoms with E-state index in [1.165, 1.54) is 12.1 Å². The summed E-state index contributed by atoms with van der Waals surface area (Å²) in [5.41, 5.74) is 0.305. The van der Waals surface area contributed by atoms with E-state index in [4.69, 9.17) is 0 Å². The quantitative estimate of drug-likeness (QED) is 0.541. The average molecular weight is 516 g/mol.